The zero-order valence-electron chi connectivity index (χ0n) is 6.50. The molecule has 12 heavy (non-hydrogen) atoms. The monoisotopic (exact) mass is 229 g/mol. The molecule has 0 atom stereocenters. The zero-order valence-corrected chi connectivity index (χ0v) is 8.95. The Balaban J connectivity index is 0. The van der Waals surface area contributed by atoms with E-state index in [1.165, 1.54) is 0 Å². The van der Waals surface area contributed by atoms with Gasteiger partial charge in [0, 0.05) is 11.9 Å². The van der Waals surface area contributed by atoms with Crippen molar-refractivity contribution in [1.82, 2.24) is 9.97 Å². The minimum atomic E-state index is 0. The number of nitrogens with two attached hydrogens (primary N) is 1. The number of rotatable bonds is 3. The third-order valence-electron chi connectivity index (χ3n) is 1.30. The Morgan fingerprint density at radius 2 is 2.08 bits per heavy atom. The highest BCUT2D eigenvalue weighted by molar-refractivity contribution is 7.71. The normalized spacial score (nSPS) is 8.42. The highest BCUT2D eigenvalue weighted by Gasteiger charge is 1.91. The first-order chi connectivity index (χ1) is 4.83. The van der Waals surface area contributed by atoms with Crippen LogP contribution < -0.4 is 5.73 Å². The molecule has 3 nitrogen and oxygen atoms in total. The molecule has 1 aromatic rings. The van der Waals surface area contributed by atoms with Gasteiger partial charge in [0.1, 0.15) is 0 Å². The van der Waals surface area contributed by atoms with Crippen LogP contribution in [0.1, 0.15) is 12.1 Å². The van der Waals surface area contributed by atoms with Crippen molar-refractivity contribution < 1.29 is 0 Å². The van der Waals surface area contributed by atoms with E-state index < -0.39 is 0 Å². The fourth-order valence-corrected chi connectivity index (χ4v) is 0.988. The van der Waals surface area contributed by atoms with E-state index in [-0.39, 0.29) is 24.8 Å². The number of aryl methyl sites for hydroxylation is 1. The lowest BCUT2D eigenvalue weighted by Crippen LogP contribution is -2.00. The molecule has 6 heteroatoms. The van der Waals surface area contributed by atoms with E-state index >= 15 is 0 Å². The van der Waals surface area contributed by atoms with Crippen molar-refractivity contribution in [2.45, 2.75) is 12.8 Å². The summed E-state index contributed by atoms with van der Waals surface area (Å²) in [6, 6.07) is 0. The van der Waals surface area contributed by atoms with Gasteiger partial charge in [-0.1, -0.05) is 0 Å². The predicted molar refractivity (Wildman–Crippen MR) is 57.8 cm³/mol. The highest BCUT2D eigenvalue weighted by atomic mass is 35.5. The molecule has 0 aliphatic carbocycles. The number of nitrogens with one attached hydrogen (secondary N) is 2. The van der Waals surface area contributed by atoms with E-state index in [1.807, 2.05) is 6.20 Å². The van der Waals surface area contributed by atoms with Crippen molar-refractivity contribution in [3.63, 3.8) is 0 Å². The summed E-state index contributed by atoms with van der Waals surface area (Å²) in [5, 5.41) is 0. The lowest BCUT2D eigenvalue weighted by Gasteiger charge is -1.91. The third-order valence-corrected chi connectivity index (χ3v) is 1.52. The molecule has 0 radical (unpaired) electrons. The Labute approximate surface area is 89.0 Å². The molecular formula is C6H13Cl2N3S. The van der Waals surface area contributed by atoms with Crippen molar-refractivity contribution in [1.29, 1.82) is 0 Å². The van der Waals surface area contributed by atoms with Gasteiger partial charge in [-0.05, 0) is 31.6 Å². The van der Waals surface area contributed by atoms with E-state index in [2.05, 4.69) is 9.97 Å². The first-order valence-electron chi connectivity index (χ1n) is 3.29. The first-order valence-corrected chi connectivity index (χ1v) is 3.70. The Bertz CT molecular complexity index is 245. The van der Waals surface area contributed by atoms with Gasteiger partial charge < -0.3 is 15.7 Å². The number of imidazole rings is 1. The fourth-order valence-electron chi connectivity index (χ4n) is 0.798. The SMILES string of the molecule is Cl.Cl.NCCCc1c[nH]c(=S)[nH]1. The van der Waals surface area contributed by atoms with Crippen LogP contribution >= 0.6 is 37.0 Å². The Morgan fingerprint density at radius 3 is 2.50 bits per heavy atom. The average molecular weight is 230 g/mol. The Morgan fingerprint density at radius 1 is 1.42 bits per heavy atom. The van der Waals surface area contributed by atoms with Crippen LogP contribution in [0.4, 0.5) is 0 Å². The van der Waals surface area contributed by atoms with Crippen molar-refractivity contribution in [2.24, 2.45) is 5.73 Å². The maximum atomic E-state index is 5.33. The van der Waals surface area contributed by atoms with Gasteiger partial charge in [0.2, 0.25) is 0 Å². The Kier molecular flexibility index (Phi) is 9.19. The molecule has 0 aliphatic heterocycles. The molecule has 1 aromatic heterocycles. The maximum Gasteiger partial charge on any atom is 0.174 e. The fraction of sp³-hybridized carbons (Fsp3) is 0.500. The second-order valence-corrected chi connectivity index (χ2v) is 2.57. The van der Waals surface area contributed by atoms with Gasteiger partial charge >= 0.3 is 0 Å². The van der Waals surface area contributed by atoms with Crippen molar-refractivity contribution in [3.05, 3.63) is 16.7 Å². The van der Waals surface area contributed by atoms with Crippen LogP contribution in [0.25, 0.3) is 0 Å². The second-order valence-electron chi connectivity index (χ2n) is 2.16. The van der Waals surface area contributed by atoms with E-state index in [0.29, 0.717) is 4.77 Å². The lowest BCUT2D eigenvalue weighted by atomic mass is 10.2. The van der Waals surface area contributed by atoms with Crippen LogP contribution in [0.3, 0.4) is 0 Å². The largest absolute Gasteiger partial charge is 0.337 e. The molecule has 1 heterocycles. The van der Waals surface area contributed by atoms with E-state index in [4.69, 9.17) is 18.0 Å². The molecule has 0 aromatic carbocycles. The minimum absolute atomic E-state index is 0. The quantitative estimate of drug-likeness (QED) is 0.693. The van der Waals surface area contributed by atoms with E-state index in [0.717, 1.165) is 25.1 Å². The molecule has 0 fully saturated rings. The molecule has 0 unspecified atom stereocenters. The molecule has 0 amide bonds. The van der Waals surface area contributed by atoms with Gasteiger partial charge in [0.15, 0.2) is 4.77 Å². The summed E-state index contributed by atoms with van der Waals surface area (Å²) in [6.45, 7) is 0.728. The van der Waals surface area contributed by atoms with Crippen LogP contribution in [0.15, 0.2) is 6.20 Å². The molecule has 0 spiro atoms. The number of H-pyrrole nitrogens is 2. The summed E-state index contributed by atoms with van der Waals surface area (Å²) in [7, 11) is 0. The van der Waals surface area contributed by atoms with Gasteiger partial charge in [0.25, 0.3) is 0 Å². The summed E-state index contributed by atoms with van der Waals surface area (Å²) < 4.78 is 0.687. The second kappa shape index (κ2) is 7.61. The van der Waals surface area contributed by atoms with Crippen LogP contribution in [0.5, 0.6) is 0 Å². The van der Waals surface area contributed by atoms with Crippen LogP contribution in [0, 0.1) is 4.77 Å². The van der Waals surface area contributed by atoms with Gasteiger partial charge in [0.05, 0.1) is 0 Å². The van der Waals surface area contributed by atoms with Crippen LogP contribution in [0.2, 0.25) is 0 Å². The zero-order chi connectivity index (χ0) is 7.40. The molecule has 0 saturated heterocycles. The van der Waals surface area contributed by atoms with Crippen molar-refractivity contribution in [3.8, 4) is 0 Å². The summed E-state index contributed by atoms with van der Waals surface area (Å²) in [5.41, 5.74) is 6.47. The van der Waals surface area contributed by atoms with Gasteiger partial charge in [-0.15, -0.1) is 24.8 Å². The van der Waals surface area contributed by atoms with Gasteiger partial charge in [-0.3, -0.25) is 0 Å². The first kappa shape index (κ1) is 14.5. The summed E-state index contributed by atoms with van der Waals surface area (Å²) in [4.78, 5) is 5.91. The predicted octanol–water partition coefficient (Wildman–Crippen LogP) is 1.81. The molecular weight excluding hydrogens is 217 g/mol. The highest BCUT2D eigenvalue weighted by Crippen LogP contribution is 1.95. The number of hydrogen-bond acceptors (Lipinski definition) is 2. The summed E-state index contributed by atoms with van der Waals surface area (Å²) in [6.07, 6.45) is 3.87. The Hall–Kier alpha value is -0.0300. The average Bonchev–Trinajstić information content (AvgIpc) is 2.31. The summed E-state index contributed by atoms with van der Waals surface area (Å²) in [5.74, 6) is 0. The summed E-state index contributed by atoms with van der Waals surface area (Å²) >= 11 is 4.84. The maximum absolute atomic E-state index is 5.33. The number of aromatic amines is 2. The van der Waals surface area contributed by atoms with E-state index in [9.17, 15) is 0 Å². The molecule has 0 saturated carbocycles. The minimum Gasteiger partial charge on any atom is -0.337 e. The molecule has 0 bridgehead atoms. The van der Waals surface area contributed by atoms with Crippen LogP contribution in [-0.2, 0) is 6.42 Å². The van der Waals surface area contributed by atoms with Gasteiger partial charge in [-0.2, -0.15) is 0 Å². The van der Waals surface area contributed by atoms with Crippen molar-refractivity contribution in [2.75, 3.05) is 6.54 Å². The number of halogens is 2. The number of aromatic nitrogens is 2. The number of hydrogen-bond donors (Lipinski definition) is 3. The molecule has 4 N–H and O–H groups in total. The van der Waals surface area contributed by atoms with Crippen LogP contribution in [-0.4, -0.2) is 16.5 Å². The third kappa shape index (κ3) is 4.77. The smallest absolute Gasteiger partial charge is 0.174 e. The van der Waals surface area contributed by atoms with E-state index in [1.54, 1.807) is 0 Å². The molecule has 72 valence electrons. The lowest BCUT2D eigenvalue weighted by molar-refractivity contribution is 0.815. The van der Waals surface area contributed by atoms with Crippen molar-refractivity contribution >= 4 is 37.0 Å². The molecule has 1 rings (SSSR count). The molecule has 0 aliphatic rings. The van der Waals surface area contributed by atoms with Gasteiger partial charge in [-0.25, -0.2) is 0 Å². The topological polar surface area (TPSA) is 57.6 Å². The standard InChI is InChI=1S/C6H11N3S.2ClH/c7-3-1-2-5-4-8-6(10)9-5;;/h4H,1-3,7H2,(H2,8,9,10);2*1H.